The predicted octanol–water partition coefficient (Wildman–Crippen LogP) is 2.72. The van der Waals surface area contributed by atoms with Crippen molar-refractivity contribution in [1.29, 1.82) is 0 Å². The van der Waals surface area contributed by atoms with Crippen LogP contribution in [0.1, 0.15) is 12.5 Å². The van der Waals surface area contributed by atoms with Crippen molar-refractivity contribution in [2.45, 2.75) is 23.4 Å². The molecule has 0 N–H and O–H groups in total. The number of alkyl halides is 1. The van der Waals surface area contributed by atoms with Crippen LogP contribution in [0.25, 0.3) is 0 Å². The molecule has 0 aromatic heterocycles. The minimum atomic E-state index is 0.515. The lowest BCUT2D eigenvalue weighted by molar-refractivity contribution is -0.00900. The minimum Gasteiger partial charge on any atom is -0.497 e. The van der Waals surface area contributed by atoms with E-state index in [1.165, 1.54) is 5.56 Å². The summed E-state index contributed by atoms with van der Waals surface area (Å²) in [6.45, 7) is 5.95. The van der Waals surface area contributed by atoms with Gasteiger partial charge in [-0.15, -0.1) is 0 Å². The van der Waals surface area contributed by atoms with Crippen molar-refractivity contribution < 1.29 is 9.47 Å². The first-order valence-electron chi connectivity index (χ1n) is 6.29. The van der Waals surface area contributed by atoms with Gasteiger partial charge in [0.1, 0.15) is 5.75 Å². The molecule has 2 rings (SSSR count). The number of benzene rings is 1. The molecule has 2 atom stereocenters. The number of nitrogens with zero attached hydrogens (tertiary/aromatic N) is 1. The lowest BCUT2D eigenvalue weighted by Crippen LogP contribution is -2.48. The molecule has 0 aliphatic carbocycles. The Morgan fingerprint density at radius 3 is 2.78 bits per heavy atom. The zero-order valence-corrected chi connectivity index (χ0v) is 13.1. The molecular weight excluding hydrogens is 341 g/mol. The number of halogens is 1. The number of methoxy groups -OCH3 is 1. The molecular formula is C14H20INO2. The Hall–Kier alpha value is -0.330. The molecule has 1 aromatic carbocycles. The van der Waals surface area contributed by atoms with E-state index in [9.17, 15) is 0 Å². The van der Waals surface area contributed by atoms with Crippen LogP contribution < -0.4 is 4.74 Å². The van der Waals surface area contributed by atoms with Crippen LogP contribution in [-0.4, -0.2) is 41.7 Å². The maximum Gasteiger partial charge on any atom is 0.118 e. The van der Waals surface area contributed by atoms with E-state index < -0.39 is 0 Å². The average molecular weight is 361 g/mol. The number of morpholine rings is 1. The van der Waals surface area contributed by atoms with E-state index in [1.807, 2.05) is 12.1 Å². The minimum absolute atomic E-state index is 0.515. The van der Waals surface area contributed by atoms with Crippen molar-refractivity contribution >= 4 is 22.6 Å². The van der Waals surface area contributed by atoms with Crippen molar-refractivity contribution in [3.05, 3.63) is 29.8 Å². The first-order chi connectivity index (χ1) is 8.70. The average Bonchev–Trinajstić information content (AvgIpc) is 2.40. The van der Waals surface area contributed by atoms with Crippen LogP contribution in [0.5, 0.6) is 5.75 Å². The van der Waals surface area contributed by atoms with Crippen molar-refractivity contribution in [3.8, 4) is 5.75 Å². The zero-order valence-electron chi connectivity index (χ0n) is 10.9. The molecule has 0 amide bonds. The van der Waals surface area contributed by atoms with Gasteiger partial charge in [-0.1, -0.05) is 41.6 Å². The van der Waals surface area contributed by atoms with E-state index in [0.717, 1.165) is 32.1 Å². The number of hydrogen-bond donors (Lipinski definition) is 0. The zero-order chi connectivity index (χ0) is 13.0. The highest BCUT2D eigenvalue weighted by molar-refractivity contribution is 14.1. The Morgan fingerprint density at radius 2 is 2.17 bits per heavy atom. The fourth-order valence-corrected chi connectivity index (χ4v) is 2.90. The van der Waals surface area contributed by atoms with Gasteiger partial charge in [-0.25, -0.2) is 0 Å². The molecule has 1 aliphatic heterocycles. The summed E-state index contributed by atoms with van der Waals surface area (Å²) in [5, 5.41) is 0. The number of hydrogen-bond acceptors (Lipinski definition) is 3. The molecule has 0 saturated carbocycles. The second-order valence-corrected chi connectivity index (χ2v) is 6.60. The second-order valence-electron chi connectivity index (χ2n) is 4.64. The van der Waals surface area contributed by atoms with Crippen LogP contribution >= 0.6 is 22.6 Å². The van der Waals surface area contributed by atoms with Gasteiger partial charge < -0.3 is 9.47 Å². The largest absolute Gasteiger partial charge is 0.497 e. The molecule has 1 saturated heterocycles. The van der Waals surface area contributed by atoms with Crippen LogP contribution in [0.3, 0.4) is 0 Å². The van der Waals surface area contributed by atoms with Crippen molar-refractivity contribution in [3.63, 3.8) is 0 Å². The summed E-state index contributed by atoms with van der Waals surface area (Å²) in [5.41, 5.74) is 1.33. The van der Waals surface area contributed by atoms with Crippen molar-refractivity contribution in [2.75, 3.05) is 26.9 Å². The third-order valence-electron chi connectivity index (χ3n) is 3.36. The molecule has 3 nitrogen and oxygen atoms in total. The highest BCUT2D eigenvalue weighted by atomic mass is 127. The Labute approximate surface area is 123 Å². The Balaban J connectivity index is 2.01. The smallest absolute Gasteiger partial charge is 0.118 e. The van der Waals surface area contributed by atoms with Gasteiger partial charge in [0.2, 0.25) is 0 Å². The summed E-state index contributed by atoms with van der Waals surface area (Å²) in [5.74, 6) is 0.916. The molecule has 2 unspecified atom stereocenters. The quantitative estimate of drug-likeness (QED) is 0.608. The monoisotopic (exact) mass is 361 g/mol. The third-order valence-corrected chi connectivity index (χ3v) is 4.19. The second kappa shape index (κ2) is 6.73. The molecule has 1 heterocycles. The lowest BCUT2D eigenvalue weighted by Gasteiger charge is -2.37. The summed E-state index contributed by atoms with van der Waals surface area (Å²) in [7, 11) is 1.70. The van der Waals surface area contributed by atoms with Crippen LogP contribution in [0.4, 0.5) is 0 Å². The Kier molecular flexibility index (Phi) is 5.26. The van der Waals surface area contributed by atoms with Gasteiger partial charge in [-0.2, -0.15) is 0 Å². The van der Waals surface area contributed by atoms with Crippen molar-refractivity contribution in [1.82, 2.24) is 4.90 Å². The fraction of sp³-hybridized carbons (Fsp3) is 0.571. The highest BCUT2D eigenvalue weighted by Crippen LogP contribution is 2.20. The van der Waals surface area contributed by atoms with E-state index in [2.05, 4.69) is 46.5 Å². The maximum atomic E-state index is 5.58. The standard InChI is InChI=1S/C14H20INO2/c1-11(15)14-10-18-8-7-16(14)9-12-3-5-13(17-2)6-4-12/h3-6,11,14H,7-10H2,1-2H3. The van der Waals surface area contributed by atoms with E-state index in [0.29, 0.717) is 9.97 Å². The number of ether oxygens (including phenoxy) is 2. The molecule has 1 fully saturated rings. The summed E-state index contributed by atoms with van der Waals surface area (Å²) >= 11 is 2.49. The molecule has 100 valence electrons. The molecule has 4 heteroatoms. The van der Waals surface area contributed by atoms with Crippen molar-refractivity contribution in [2.24, 2.45) is 0 Å². The lowest BCUT2D eigenvalue weighted by atomic mass is 10.1. The van der Waals surface area contributed by atoms with E-state index >= 15 is 0 Å². The molecule has 0 radical (unpaired) electrons. The summed E-state index contributed by atoms with van der Waals surface area (Å²) in [6, 6.07) is 8.85. The molecule has 18 heavy (non-hydrogen) atoms. The SMILES string of the molecule is COc1ccc(CN2CCOCC2C(C)I)cc1. The van der Waals surface area contributed by atoms with Gasteiger partial charge in [-0.05, 0) is 17.7 Å². The molecule has 1 aliphatic rings. The van der Waals surface area contributed by atoms with Gasteiger partial charge in [0.05, 0.1) is 20.3 Å². The summed E-state index contributed by atoms with van der Waals surface area (Å²) in [6.07, 6.45) is 0. The van der Waals surface area contributed by atoms with Gasteiger partial charge >= 0.3 is 0 Å². The molecule has 1 aromatic rings. The van der Waals surface area contributed by atoms with Gasteiger partial charge in [-0.3, -0.25) is 4.90 Å². The predicted molar refractivity (Wildman–Crippen MR) is 81.5 cm³/mol. The first-order valence-corrected chi connectivity index (χ1v) is 7.54. The number of rotatable bonds is 4. The third kappa shape index (κ3) is 3.59. The summed E-state index contributed by atoms with van der Waals surface area (Å²) in [4.78, 5) is 2.52. The Morgan fingerprint density at radius 1 is 1.44 bits per heavy atom. The van der Waals surface area contributed by atoms with Gasteiger partial charge in [0.25, 0.3) is 0 Å². The topological polar surface area (TPSA) is 21.7 Å². The fourth-order valence-electron chi connectivity index (χ4n) is 2.24. The molecule has 0 bridgehead atoms. The van der Waals surface area contributed by atoms with Crippen LogP contribution in [0.15, 0.2) is 24.3 Å². The maximum absolute atomic E-state index is 5.58. The van der Waals surface area contributed by atoms with Crippen LogP contribution in [0, 0.1) is 0 Å². The van der Waals surface area contributed by atoms with Gasteiger partial charge in [0, 0.05) is 23.1 Å². The van der Waals surface area contributed by atoms with Crippen LogP contribution in [-0.2, 0) is 11.3 Å². The van der Waals surface area contributed by atoms with E-state index in [-0.39, 0.29) is 0 Å². The highest BCUT2D eigenvalue weighted by Gasteiger charge is 2.26. The van der Waals surface area contributed by atoms with Crippen LogP contribution in [0.2, 0.25) is 0 Å². The molecule has 0 spiro atoms. The first kappa shape index (κ1) is 14.1. The Bertz CT molecular complexity index is 367. The summed E-state index contributed by atoms with van der Waals surface area (Å²) < 4.78 is 11.4. The normalized spacial score (nSPS) is 22.7. The van der Waals surface area contributed by atoms with E-state index in [1.54, 1.807) is 7.11 Å². The van der Waals surface area contributed by atoms with Gasteiger partial charge in [0.15, 0.2) is 0 Å². The van der Waals surface area contributed by atoms with E-state index in [4.69, 9.17) is 9.47 Å².